The molecule has 2 rings (SSSR count). The van der Waals surface area contributed by atoms with Gasteiger partial charge in [-0.25, -0.2) is 0 Å². The van der Waals surface area contributed by atoms with E-state index in [0.717, 1.165) is 17.7 Å². The standard InChI is InChI=1S/C18H24N2O/c1-13(2)21-17-10-6-9-16(11-17)18(20-19)12-15-8-5-4-7-14(15)3/h4-11,13,18,20H,12,19H2,1-3H3. The third kappa shape index (κ3) is 4.31. The summed E-state index contributed by atoms with van der Waals surface area (Å²) in [5, 5.41) is 0. The van der Waals surface area contributed by atoms with Crippen molar-refractivity contribution in [3.63, 3.8) is 0 Å². The van der Waals surface area contributed by atoms with Crippen LogP contribution in [0.1, 0.15) is 36.6 Å². The summed E-state index contributed by atoms with van der Waals surface area (Å²) in [4.78, 5) is 0. The number of rotatable bonds is 6. The predicted molar refractivity (Wildman–Crippen MR) is 87.2 cm³/mol. The van der Waals surface area contributed by atoms with Gasteiger partial charge in [0.15, 0.2) is 0 Å². The number of aryl methyl sites for hydroxylation is 1. The first kappa shape index (κ1) is 15.5. The van der Waals surface area contributed by atoms with Gasteiger partial charge in [0.2, 0.25) is 0 Å². The van der Waals surface area contributed by atoms with Gasteiger partial charge in [-0.2, -0.15) is 0 Å². The number of hydrogen-bond acceptors (Lipinski definition) is 3. The molecule has 2 aromatic carbocycles. The number of ether oxygens (including phenoxy) is 1. The van der Waals surface area contributed by atoms with Gasteiger partial charge in [0.05, 0.1) is 12.1 Å². The molecule has 0 saturated heterocycles. The summed E-state index contributed by atoms with van der Waals surface area (Å²) >= 11 is 0. The largest absolute Gasteiger partial charge is 0.491 e. The molecule has 0 bridgehead atoms. The zero-order valence-corrected chi connectivity index (χ0v) is 13.0. The van der Waals surface area contributed by atoms with Crippen LogP contribution in [0.3, 0.4) is 0 Å². The van der Waals surface area contributed by atoms with Gasteiger partial charge in [0.1, 0.15) is 5.75 Å². The fraction of sp³-hybridized carbons (Fsp3) is 0.333. The quantitative estimate of drug-likeness (QED) is 0.630. The van der Waals surface area contributed by atoms with E-state index in [4.69, 9.17) is 10.6 Å². The topological polar surface area (TPSA) is 47.3 Å². The van der Waals surface area contributed by atoms with Crippen LogP contribution in [-0.4, -0.2) is 6.10 Å². The molecule has 0 aliphatic heterocycles. The Morgan fingerprint density at radius 1 is 1.10 bits per heavy atom. The molecule has 1 atom stereocenters. The van der Waals surface area contributed by atoms with Crippen molar-refractivity contribution >= 4 is 0 Å². The minimum Gasteiger partial charge on any atom is -0.491 e. The van der Waals surface area contributed by atoms with E-state index in [1.54, 1.807) is 0 Å². The van der Waals surface area contributed by atoms with Crippen LogP contribution in [0, 0.1) is 6.92 Å². The number of hydrogen-bond donors (Lipinski definition) is 2. The minimum absolute atomic E-state index is 0.0711. The summed E-state index contributed by atoms with van der Waals surface area (Å²) < 4.78 is 5.75. The first-order valence-corrected chi connectivity index (χ1v) is 7.37. The number of nitrogens with two attached hydrogens (primary N) is 1. The van der Waals surface area contributed by atoms with Gasteiger partial charge >= 0.3 is 0 Å². The van der Waals surface area contributed by atoms with Crippen LogP contribution in [0.15, 0.2) is 48.5 Å². The second-order valence-corrected chi connectivity index (χ2v) is 5.59. The highest BCUT2D eigenvalue weighted by molar-refractivity contribution is 5.33. The van der Waals surface area contributed by atoms with Gasteiger partial charge in [0.25, 0.3) is 0 Å². The molecule has 3 nitrogen and oxygen atoms in total. The van der Waals surface area contributed by atoms with Gasteiger partial charge in [-0.3, -0.25) is 11.3 Å². The fourth-order valence-corrected chi connectivity index (χ4v) is 2.41. The molecule has 2 aromatic rings. The molecule has 112 valence electrons. The van der Waals surface area contributed by atoms with Crippen molar-refractivity contribution in [2.75, 3.05) is 0 Å². The van der Waals surface area contributed by atoms with Crippen LogP contribution >= 0.6 is 0 Å². The van der Waals surface area contributed by atoms with E-state index in [-0.39, 0.29) is 12.1 Å². The lowest BCUT2D eigenvalue weighted by atomic mass is 9.96. The van der Waals surface area contributed by atoms with Gasteiger partial charge in [-0.05, 0) is 56.0 Å². The fourth-order valence-electron chi connectivity index (χ4n) is 2.41. The lowest BCUT2D eigenvalue weighted by molar-refractivity contribution is 0.242. The Bertz CT molecular complexity index is 581. The molecule has 0 radical (unpaired) electrons. The summed E-state index contributed by atoms with van der Waals surface area (Å²) in [5.74, 6) is 6.65. The maximum atomic E-state index is 5.76. The second-order valence-electron chi connectivity index (χ2n) is 5.59. The molecule has 1 unspecified atom stereocenters. The minimum atomic E-state index is 0.0711. The lowest BCUT2D eigenvalue weighted by Gasteiger charge is -2.19. The van der Waals surface area contributed by atoms with Gasteiger partial charge in [-0.1, -0.05) is 36.4 Å². The highest BCUT2D eigenvalue weighted by Gasteiger charge is 2.13. The van der Waals surface area contributed by atoms with Crippen molar-refractivity contribution in [1.29, 1.82) is 0 Å². The SMILES string of the molecule is Cc1ccccc1CC(NN)c1cccc(OC(C)C)c1. The zero-order chi connectivity index (χ0) is 15.2. The molecule has 0 saturated carbocycles. The Morgan fingerprint density at radius 2 is 1.86 bits per heavy atom. The van der Waals surface area contributed by atoms with Crippen molar-refractivity contribution in [2.24, 2.45) is 5.84 Å². The first-order valence-electron chi connectivity index (χ1n) is 7.37. The number of nitrogens with one attached hydrogen (secondary N) is 1. The first-order chi connectivity index (χ1) is 10.1. The van der Waals surface area contributed by atoms with E-state index in [9.17, 15) is 0 Å². The highest BCUT2D eigenvalue weighted by Crippen LogP contribution is 2.23. The summed E-state index contributed by atoms with van der Waals surface area (Å²) in [6.07, 6.45) is 1.02. The van der Waals surface area contributed by atoms with Crippen LogP contribution in [-0.2, 0) is 6.42 Å². The maximum Gasteiger partial charge on any atom is 0.120 e. The Labute approximate surface area is 127 Å². The van der Waals surface area contributed by atoms with E-state index in [2.05, 4.69) is 48.7 Å². The van der Waals surface area contributed by atoms with Crippen LogP contribution in [0.4, 0.5) is 0 Å². The molecule has 0 aliphatic rings. The Kier molecular flexibility index (Phi) is 5.37. The third-order valence-corrected chi connectivity index (χ3v) is 3.52. The Balaban J connectivity index is 2.19. The maximum absolute atomic E-state index is 5.76. The van der Waals surface area contributed by atoms with Crippen molar-refractivity contribution in [3.8, 4) is 5.75 Å². The summed E-state index contributed by atoms with van der Waals surface area (Å²) in [7, 11) is 0. The predicted octanol–water partition coefficient (Wildman–Crippen LogP) is 3.53. The molecular weight excluding hydrogens is 260 g/mol. The zero-order valence-electron chi connectivity index (χ0n) is 13.0. The van der Waals surface area contributed by atoms with Crippen LogP contribution in [0.2, 0.25) is 0 Å². The third-order valence-electron chi connectivity index (χ3n) is 3.52. The molecule has 0 heterocycles. The summed E-state index contributed by atoms with van der Waals surface area (Å²) in [6.45, 7) is 6.18. The van der Waals surface area contributed by atoms with E-state index in [1.807, 2.05) is 26.0 Å². The second kappa shape index (κ2) is 7.25. The summed E-state index contributed by atoms with van der Waals surface area (Å²) in [5.41, 5.74) is 6.64. The van der Waals surface area contributed by atoms with Crippen molar-refractivity contribution in [3.05, 3.63) is 65.2 Å². The monoisotopic (exact) mass is 284 g/mol. The van der Waals surface area contributed by atoms with Gasteiger partial charge in [0, 0.05) is 0 Å². The molecule has 3 N–H and O–H groups in total. The Morgan fingerprint density at radius 3 is 2.52 bits per heavy atom. The molecule has 3 heteroatoms. The number of benzene rings is 2. The average Bonchev–Trinajstić information content (AvgIpc) is 2.46. The lowest BCUT2D eigenvalue weighted by Crippen LogP contribution is -2.29. The molecular formula is C18H24N2O. The van der Waals surface area contributed by atoms with Gasteiger partial charge < -0.3 is 4.74 Å². The normalized spacial score (nSPS) is 12.4. The molecule has 0 aromatic heterocycles. The van der Waals surface area contributed by atoms with Crippen LogP contribution in [0.5, 0.6) is 5.75 Å². The molecule has 0 aliphatic carbocycles. The smallest absolute Gasteiger partial charge is 0.120 e. The molecule has 0 spiro atoms. The summed E-state index contributed by atoms with van der Waals surface area (Å²) in [6, 6.07) is 16.6. The van der Waals surface area contributed by atoms with Crippen LogP contribution in [0.25, 0.3) is 0 Å². The average molecular weight is 284 g/mol. The number of hydrazine groups is 1. The van der Waals surface area contributed by atoms with E-state index >= 15 is 0 Å². The van der Waals surface area contributed by atoms with Crippen LogP contribution < -0.4 is 16.0 Å². The van der Waals surface area contributed by atoms with E-state index in [0.29, 0.717) is 0 Å². The molecule has 0 fully saturated rings. The molecule has 21 heavy (non-hydrogen) atoms. The van der Waals surface area contributed by atoms with E-state index in [1.165, 1.54) is 11.1 Å². The van der Waals surface area contributed by atoms with E-state index < -0.39 is 0 Å². The van der Waals surface area contributed by atoms with Crippen molar-refractivity contribution in [2.45, 2.75) is 39.3 Å². The molecule has 0 amide bonds. The Hall–Kier alpha value is -1.84. The van der Waals surface area contributed by atoms with Crippen molar-refractivity contribution < 1.29 is 4.74 Å². The van der Waals surface area contributed by atoms with Gasteiger partial charge in [-0.15, -0.1) is 0 Å². The highest BCUT2D eigenvalue weighted by atomic mass is 16.5. The van der Waals surface area contributed by atoms with Crippen molar-refractivity contribution in [1.82, 2.24) is 5.43 Å².